The summed E-state index contributed by atoms with van der Waals surface area (Å²) in [6, 6.07) is 0. The molecule has 0 aliphatic heterocycles. The van der Waals surface area contributed by atoms with Crippen molar-refractivity contribution in [1.29, 1.82) is 0 Å². The Kier molecular flexibility index (Phi) is 9.27. The van der Waals surface area contributed by atoms with Crippen molar-refractivity contribution in [3.63, 3.8) is 0 Å². The Balaban J connectivity index is 3.91. The third-order valence-electron chi connectivity index (χ3n) is 2.04. The van der Waals surface area contributed by atoms with Crippen molar-refractivity contribution in [3.05, 3.63) is 24.3 Å². The van der Waals surface area contributed by atoms with Gasteiger partial charge in [-0.15, -0.1) is 0 Å². The summed E-state index contributed by atoms with van der Waals surface area (Å²) in [6.07, 6.45) is -1.52. The largest absolute Gasteiger partial charge is 0.460 e. The van der Waals surface area contributed by atoms with Crippen LogP contribution in [0.15, 0.2) is 24.3 Å². The van der Waals surface area contributed by atoms with Crippen LogP contribution in [0.25, 0.3) is 0 Å². The number of aliphatic hydroxyl groups is 2. The molecule has 2 N–H and O–H groups in total. The Hall–Kier alpha value is -1.70. The van der Waals surface area contributed by atoms with E-state index < -0.39 is 24.1 Å². The summed E-state index contributed by atoms with van der Waals surface area (Å²) in [7, 11) is 0. The second kappa shape index (κ2) is 10.1. The van der Waals surface area contributed by atoms with Crippen LogP contribution in [-0.2, 0) is 23.8 Å². The minimum Gasteiger partial charge on any atom is -0.460 e. The van der Waals surface area contributed by atoms with Gasteiger partial charge in [0, 0.05) is 0 Å². The molecule has 0 spiro atoms. The molecule has 2 unspecified atom stereocenters. The molecule has 21 heavy (non-hydrogen) atoms. The van der Waals surface area contributed by atoms with Crippen LogP contribution < -0.4 is 0 Å². The van der Waals surface area contributed by atoms with Crippen molar-refractivity contribution in [2.45, 2.75) is 26.1 Å². The van der Waals surface area contributed by atoms with Crippen molar-refractivity contribution in [2.75, 3.05) is 26.4 Å². The van der Waals surface area contributed by atoms with E-state index in [1.54, 1.807) is 0 Å². The zero-order chi connectivity index (χ0) is 16.4. The van der Waals surface area contributed by atoms with Gasteiger partial charge in [0.05, 0.1) is 36.6 Å². The van der Waals surface area contributed by atoms with E-state index in [4.69, 9.17) is 24.4 Å². The third-order valence-corrected chi connectivity index (χ3v) is 2.04. The van der Waals surface area contributed by atoms with E-state index in [0.717, 1.165) is 0 Å². The first-order chi connectivity index (χ1) is 9.73. The Bertz CT molecular complexity index is 349. The first-order valence-corrected chi connectivity index (χ1v) is 6.37. The molecule has 0 saturated carbocycles. The van der Waals surface area contributed by atoms with Gasteiger partial charge in [-0.05, 0) is 13.8 Å². The molecule has 0 radical (unpaired) electrons. The smallest absolute Gasteiger partial charge is 0.335 e. The van der Waals surface area contributed by atoms with Gasteiger partial charge >= 0.3 is 11.9 Å². The lowest BCUT2D eigenvalue weighted by Crippen LogP contribution is -2.20. The number of rotatable bonds is 10. The molecular weight excluding hydrogens is 280 g/mol. The molecule has 0 fully saturated rings. The van der Waals surface area contributed by atoms with Crippen molar-refractivity contribution in [3.8, 4) is 0 Å². The number of hydrogen-bond acceptors (Lipinski definition) is 7. The third kappa shape index (κ3) is 9.78. The molecule has 0 saturated heterocycles. The molecule has 0 heterocycles. The van der Waals surface area contributed by atoms with Gasteiger partial charge < -0.3 is 24.4 Å². The fourth-order valence-corrected chi connectivity index (χ4v) is 1.01. The number of hydrogen-bond donors (Lipinski definition) is 2. The lowest BCUT2D eigenvalue weighted by molar-refractivity contribution is -0.142. The normalized spacial score (nSPS) is 13.1. The molecule has 0 aliphatic rings. The molecule has 7 nitrogen and oxygen atoms in total. The average molecular weight is 302 g/mol. The van der Waals surface area contributed by atoms with Crippen molar-refractivity contribution in [2.24, 2.45) is 0 Å². The number of esters is 2. The van der Waals surface area contributed by atoms with Crippen LogP contribution >= 0.6 is 0 Å². The average Bonchev–Trinajstić information content (AvgIpc) is 2.41. The molecule has 7 heteroatoms. The van der Waals surface area contributed by atoms with E-state index in [-0.39, 0.29) is 37.6 Å². The Morgan fingerprint density at radius 1 is 0.905 bits per heavy atom. The Labute approximate surface area is 123 Å². The molecule has 0 aliphatic carbocycles. The maximum absolute atomic E-state index is 11.4. The lowest BCUT2D eigenvalue weighted by Gasteiger charge is -2.10. The van der Waals surface area contributed by atoms with E-state index in [1.807, 2.05) is 0 Å². The molecule has 0 aromatic carbocycles. The van der Waals surface area contributed by atoms with Crippen LogP contribution in [0.3, 0.4) is 0 Å². The highest BCUT2D eigenvalue weighted by molar-refractivity contribution is 5.88. The van der Waals surface area contributed by atoms with E-state index in [0.29, 0.717) is 0 Å². The number of ether oxygens (including phenoxy) is 3. The summed E-state index contributed by atoms with van der Waals surface area (Å²) < 4.78 is 14.5. The lowest BCUT2D eigenvalue weighted by atomic mass is 10.3. The highest BCUT2D eigenvalue weighted by atomic mass is 16.6. The molecule has 0 aromatic rings. The topological polar surface area (TPSA) is 102 Å². The maximum atomic E-state index is 11.4. The first kappa shape index (κ1) is 19.3. The monoisotopic (exact) mass is 302 g/mol. The molecular formula is C14H22O7. The molecule has 2 atom stereocenters. The van der Waals surface area contributed by atoms with Crippen molar-refractivity contribution < 1.29 is 34.0 Å². The molecule has 0 amide bonds. The highest BCUT2D eigenvalue weighted by Crippen LogP contribution is 2.01. The second-order valence-electron chi connectivity index (χ2n) is 4.59. The van der Waals surface area contributed by atoms with Gasteiger partial charge in [-0.2, -0.15) is 0 Å². The molecule has 0 aromatic heterocycles. The summed E-state index contributed by atoms with van der Waals surface area (Å²) in [5.41, 5.74) is 0.113. The molecule has 0 bridgehead atoms. The van der Waals surface area contributed by atoms with Crippen molar-refractivity contribution in [1.82, 2.24) is 0 Å². The van der Waals surface area contributed by atoms with Gasteiger partial charge in [0.25, 0.3) is 0 Å². The minimum atomic E-state index is -0.758. The standard InChI is InChI=1S/C14H22O7/c1-9(13(17)20-7-11(3)15)5-19-6-10(2)14(18)21-8-12(4)16/h11-12,15-16H,1-2,5-8H2,3-4H3. The quantitative estimate of drug-likeness (QED) is 0.431. The van der Waals surface area contributed by atoms with Crippen LogP contribution in [0.5, 0.6) is 0 Å². The highest BCUT2D eigenvalue weighted by Gasteiger charge is 2.13. The number of carbonyl (C=O) groups excluding carboxylic acids is 2. The van der Waals surface area contributed by atoms with Gasteiger partial charge in [0.1, 0.15) is 13.2 Å². The predicted molar refractivity (Wildman–Crippen MR) is 74.4 cm³/mol. The minimum absolute atomic E-state index is 0.0563. The van der Waals surface area contributed by atoms with Gasteiger partial charge in [0.15, 0.2) is 0 Å². The molecule has 120 valence electrons. The van der Waals surface area contributed by atoms with Crippen LogP contribution in [0.4, 0.5) is 0 Å². The van der Waals surface area contributed by atoms with Crippen LogP contribution in [0, 0.1) is 0 Å². The van der Waals surface area contributed by atoms with E-state index in [9.17, 15) is 9.59 Å². The van der Waals surface area contributed by atoms with Gasteiger partial charge in [-0.25, -0.2) is 9.59 Å². The Morgan fingerprint density at radius 3 is 1.52 bits per heavy atom. The zero-order valence-electron chi connectivity index (χ0n) is 12.3. The van der Waals surface area contributed by atoms with Gasteiger partial charge in [-0.1, -0.05) is 13.2 Å². The van der Waals surface area contributed by atoms with E-state index in [2.05, 4.69) is 13.2 Å². The van der Waals surface area contributed by atoms with Crippen LogP contribution in [0.1, 0.15) is 13.8 Å². The van der Waals surface area contributed by atoms with Gasteiger partial charge in [0.2, 0.25) is 0 Å². The van der Waals surface area contributed by atoms with E-state index >= 15 is 0 Å². The van der Waals surface area contributed by atoms with Gasteiger partial charge in [-0.3, -0.25) is 0 Å². The van der Waals surface area contributed by atoms with E-state index in [1.165, 1.54) is 13.8 Å². The summed E-state index contributed by atoms with van der Waals surface area (Å²) in [4.78, 5) is 22.8. The zero-order valence-corrected chi connectivity index (χ0v) is 12.3. The van der Waals surface area contributed by atoms with Crippen LogP contribution in [-0.4, -0.2) is 60.8 Å². The number of carbonyl (C=O) groups is 2. The predicted octanol–water partition coefficient (Wildman–Crippen LogP) is -0.0366. The Morgan fingerprint density at radius 2 is 1.24 bits per heavy atom. The van der Waals surface area contributed by atoms with Crippen LogP contribution in [0.2, 0.25) is 0 Å². The summed E-state index contributed by atoms with van der Waals surface area (Å²) >= 11 is 0. The fourth-order valence-electron chi connectivity index (χ4n) is 1.01. The molecule has 0 rings (SSSR count). The summed E-state index contributed by atoms with van der Waals surface area (Å²) in [6.45, 7) is 9.38. The SMILES string of the molecule is C=C(COCC(=C)C(=O)OCC(C)O)C(=O)OCC(C)O. The second-order valence-corrected chi connectivity index (χ2v) is 4.59. The number of aliphatic hydroxyl groups excluding tert-OH is 2. The fraction of sp³-hybridized carbons (Fsp3) is 0.571. The summed E-state index contributed by atoms with van der Waals surface area (Å²) in [5, 5.41) is 17.9. The maximum Gasteiger partial charge on any atom is 0.335 e. The first-order valence-electron chi connectivity index (χ1n) is 6.37. The van der Waals surface area contributed by atoms with Crippen molar-refractivity contribution >= 4 is 11.9 Å². The summed E-state index contributed by atoms with van der Waals surface area (Å²) in [5.74, 6) is -1.36.